The van der Waals surface area contributed by atoms with Crippen LogP contribution in [0, 0.1) is 5.82 Å². The highest BCUT2D eigenvalue weighted by Crippen LogP contribution is 2.24. The lowest BCUT2D eigenvalue weighted by molar-refractivity contribution is 0.0953. The third-order valence-corrected chi connectivity index (χ3v) is 3.15. The van der Waals surface area contributed by atoms with Crippen molar-refractivity contribution in [1.82, 2.24) is 5.32 Å². The number of anilines is 1. The van der Waals surface area contributed by atoms with Crippen molar-refractivity contribution in [2.45, 2.75) is 20.0 Å². The number of nitrogens with two attached hydrogens (primary N) is 1. The zero-order valence-electron chi connectivity index (χ0n) is 12.4. The largest absolute Gasteiger partial charge is 0.487 e. The minimum absolute atomic E-state index is 0.0525. The molecule has 0 aromatic heterocycles. The van der Waals surface area contributed by atoms with Gasteiger partial charge in [0.05, 0.1) is 5.69 Å². The number of benzene rings is 2. The van der Waals surface area contributed by atoms with Crippen LogP contribution in [0.3, 0.4) is 0 Å². The monoisotopic (exact) mass is 302 g/mol. The Morgan fingerprint density at radius 2 is 2.05 bits per heavy atom. The minimum atomic E-state index is -0.335. The van der Waals surface area contributed by atoms with Crippen molar-refractivity contribution in [2.24, 2.45) is 0 Å². The first-order chi connectivity index (χ1) is 10.6. The molecule has 2 aromatic rings. The van der Waals surface area contributed by atoms with Crippen LogP contribution >= 0.6 is 0 Å². The molecular formula is C17H19FN2O2. The van der Waals surface area contributed by atoms with Crippen molar-refractivity contribution in [3.8, 4) is 5.75 Å². The van der Waals surface area contributed by atoms with Crippen LogP contribution in [-0.4, -0.2) is 12.5 Å². The van der Waals surface area contributed by atoms with Crippen LogP contribution in [0.15, 0.2) is 42.5 Å². The summed E-state index contributed by atoms with van der Waals surface area (Å²) in [5.41, 5.74) is 7.14. The summed E-state index contributed by atoms with van der Waals surface area (Å²) in [7, 11) is 0. The van der Waals surface area contributed by atoms with Gasteiger partial charge in [-0.2, -0.15) is 0 Å². The molecule has 0 atom stereocenters. The number of halogens is 1. The molecule has 0 aliphatic carbocycles. The number of hydrogen-bond donors (Lipinski definition) is 2. The summed E-state index contributed by atoms with van der Waals surface area (Å²) >= 11 is 0. The normalized spacial score (nSPS) is 10.3. The van der Waals surface area contributed by atoms with Gasteiger partial charge in [0.1, 0.15) is 18.2 Å². The number of carbonyl (C=O) groups excluding carboxylic acids is 1. The first-order valence-electron chi connectivity index (χ1n) is 7.15. The van der Waals surface area contributed by atoms with Gasteiger partial charge in [-0.1, -0.05) is 25.1 Å². The molecule has 4 nitrogen and oxygen atoms in total. The van der Waals surface area contributed by atoms with Gasteiger partial charge in [0.15, 0.2) is 0 Å². The van der Waals surface area contributed by atoms with Crippen LogP contribution in [0.4, 0.5) is 10.1 Å². The number of carbonyl (C=O) groups is 1. The number of ether oxygens (including phenoxy) is 1. The first-order valence-corrected chi connectivity index (χ1v) is 7.15. The zero-order valence-corrected chi connectivity index (χ0v) is 12.4. The van der Waals surface area contributed by atoms with E-state index in [1.54, 1.807) is 36.4 Å². The van der Waals surface area contributed by atoms with Crippen LogP contribution in [0.1, 0.15) is 29.3 Å². The van der Waals surface area contributed by atoms with E-state index in [2.05, 4.69) is 5.32 Å². The highest BCUT2D eigenvalue weighted by Gasteiger charge is 2.10. The third-order valence-electron chi connectivity index (χ3n) is 3.15. The second-order valence-corrected chi connectivity index (χ2v) is 4.89. The molecule has 116 valence electrons. The van der Waals surface area contributed by atoms with Gasteiger partial charge >= 0.3 is 0 Å². The van der Waals surface area contributed by atoms with Gasteiger partial charge in [-0.3, -0.25) is 4.79 Å². The summed E-state index contributed by atoms with van der Waals surface area (Å²) < 4.78 is 19.1. The summed E-state index contributed by atoms with van der Waals surface area (Å²) in [6.07, 6.45) is 0.858. The Morgan fingerprint density at radius 1 is 1.27 bits per heavy atom. The van der Waals surface area contributed by atoms with Crippen LogP contribution in [0.25, 0.3) is 0 Å². The fraction of sp³-hybridized carbons (Fsp3) is 0.235. The van der Waals surface area contributed by atoms with Gasteiger partial charge in [0, 0.05) is 17.7 Å². The summed E-state index contributed by atoms with van der Waals surface area (Å²) in [6, 6.07) is 11.2. The Bertz CT molecular complexity index is 659. The van der Waals surface area contributed by atoms with E-state index in [1.165, 1.54) is 6.07 Å². The molecule has 0 spiro atoms. The number of rotatable bonds is 6. The molecule has 0 radical (unpaired) electrons. The third kappa shape index (κ3) is 3.97. The summed E-state index contributed by atoms with van der Waals surface area (Å²) in [6.45, 7) is 2.64. The number of amides is 1. The highest BCUT2D eigenvalue weighted by molar-refractivity contribution is 5.95. The average Bonchev–Trinajstić information content (AvgIpc) is 2.53. The zero-order chi connectivity index (χ0) is 15.9. The smallest absolute Gasteiger partial charge is 0.251 e. The molecule has 0 saturated carbocycles. The molecule has 0 heterocycles. The molecule has 0 unspecified atom stereocenters. The molecule has 0 aliphatic rings. The van der Waals surface area contributed by atoms with E-state index >= 15 is 0 Å². The lowest BCUT2D eigenvalue weighted by atomic mass is 10.1. The fourth-order valence-electron chi connectivity index (χ4n) is 1.91. The van der Waals surface area contributed by atoms with Gasteiger partial charge in [0.2, 0.25) is 0 Å². The number of nitrogens with one attached hydrogen (secondary N) is 1. The maximum atomic E-state index is 13.6. The van der Waals surface area contributed by atoms with E-state index in [9.17, 15) is 9.18 Å². The Kier molecular flexibility index (Phi) is 5.36. The Labute approximate surface area is 129 Å². The van der Waals surface area contributed by atoms with Gasteiger partial charge < -0.3 is 15.8 Å². The van der Waals surface area contributed by atoms with Gasteiger partial charge in [-0.25, -0.2) is 4.39 Å². The maximum absolute atomic E-state index is 13.6. The molecule has 0 fully saturated rings. The van der Waals surface area contributed by atoms with Crippen molar-refractivity contribution in [1.29, 1.82) is 0 Å². The van der Waals surface area contributed by atoms with Gasteiger partial charge in [-0.15, -0.1) is 0 Å². The maximum Gasteiger partial charge on any atom is 0.251 e. The molecule has 1 amide bonds. The molecule has 0 saturated heterocycles. The Hall–Kier alpha value is -2.56. The predicted molar refractivity (Wildman–Crippen MR) is 84.2 cm³/mol. The average molecular weight is 302 g/mol. The van der Waals surface area contributed by atoms with Crippen molar-refractivity contribution < 1.29 is 13.9 Å². The quantitative estimate of drug-likeness (QED) is 0.806. The molecule has 3 N–H and O–H groups in total. The molecule has 2 rings (SSSR count). The number of hydrogen-bond acceptors (Lipinski definition) is 3. The summed E-state index contributed by atoms with van der Waals surface area (Å²) in [4.78, 5) is 11.9. The van der Waals surface area contributed by atoms with Crippen LogP contribution in [-0.2, 0) is 6.61 Å². The van der Waals surface area contributed by atoms with Gasteiger partial charge in [0.25, 0.3) is 5.91 Å². The van der Waals surface area contributed by atoms with Crippen molar-refractivity contribution in [3.05, 3.63) is 59.4 Å². The van der Waals surface area contributed by atoms with Crippen LogP contribution < -0.4 is 15.8 Å². The van der Waals surface area contributed by atoms with Crippen molar-refractivity contribution in [3.63, 3.8) is 0 Å². The number of nitrogen functional groups attached to an aromatic ring is 1. The predicted octanol–water partition coefficient (Wildman–Crippen LogP) is 3.13. The second kappa shape index (κ2) is 7.45. The lowest BCUT2D eigenvalue weighted by Crippen LogP contribution is -2.24. The van der Waals surface area contributed by atoms with E-state index in [0.717, 1.165) is 6.42 Å². The molecule has 22 heavy (non-hydrogen) atoms. The summed E-state index contributed by atoms with van der Waals surface area (Å²) in [5, 5.41) is 2.78. The molecule has 2 aromatic carbocycles. The van der Waals surface area contributed by atoms with Gasteiger partial charge in [-0.05, 0) is 30.7 Å². The van der Waals surface area contributed by atoms with Crippen molar-refractivity contribution in [2.75, 3.05) is 12.3 Å². The SMILES string of the molecule is CCCNC(=O)c1ccc(N)c(OCc2ccccc2F)c1. The standard InChI is InChI=1S/C17H19FN2O2/c1-2-9-20-17(21)12-7-8-15(19)16(10-12)22-11-13-5-3-4-6-14(13)18/h3-8,10H,2,9,11,19H2,1H3,(H,20,21). The minimum Gasteiger partial charge on any atom is -0.487 e. The van der Waals surface area contributed by atoms with E-state index in [1.807, 2.05) is 6.92 Å². The Balaban J connectivity index is 2.10. The van der Waals surface area contributed by atoms with E-state index < -0.39 is 0 Å². The fourth-order valence-corrected chi connectivity index (χ4v) is 1.91. The highest BCUT2D eigenvalue weighted by atomic mass is 19.1. The Morgan fingerprint density at radius 3 is 2.77 bits per heavy atom. The van der Waals surface area contributed by atoms with Crippen molar-refractivity contribution >= 4 is 11.6 Å². The topological polar surface area (TPSA) is 64.4 Å². The lowest BCUT2D eigenvalue weighted by Gasteiger charge is -2.11. The molecular weight excluding hydrogens is 283 g/mol. The molecule has 0 aliphatic heterocycles. The van der Waals surface area contributed by atoms with E-state index in [4.69, 9.17) is 10.5 Å². The van der Waals surface area contributed by atoms with E-state index in [-0.39, 0.29) is 18.3 Å². The van der Waals surface area contributed by atoms with Crippen LogP contribution in [0.2, 0.25) is 0 Å². The summed E-state index contributed by atoms with van der Waals surface area (Å²) in [5.74, 6) is -0.150. The molecule has 5 heteroatoms. The second-order valence-electron chi connectivity index (χ2n) is 4.89. The van der Waals surface area contributed by atoms with Crippen LogP contribution in [0.5, 0.6) is 5.75 Å². The molecule has 0 bridgehead atoms. The van der Waals surface area contributed by atoms with E-state index in [0.29, 0.717) is 29.1 Å². The first kappa shape index (κ1) is 15.8.